The number of ether oxygens (including phenoxy) is 2. The topological polar surface area (TPSA) is 171 Å². The van der Waals surface area contributed by atoms with E-state index in [1.807, 2.05) is 0 Å². The smallest absolute Gasteiger partial charge is 0.318 e. The first-order valence-electron chi connectivity index (χ1n) is 11.2. The average molecular weight is 585 g/mol. The number of methoxy groups -OCH3 is 1. The Kier molecular flexibility index (Phi) is 8.31. The molecule has 3 amide bonds. The summed E-state index contributed by atoms with van der Waals surface area (Å²) in [5, 5.41) is 24.9. The molecular formula is C25H17ClN4O9S. The first-order valence-corrected chi connectivity index (χ1v) is 12.3. The Bertz CT molecular complexity index is 1590. The molecule has 0 saturated carbocycles. The van der Waals surface area contributed by atoms with Gasteiger partial charge >= 0.3 is 5.69 Å². The van der Waals surface area contributed by atoms with Crippen LogP contribution in [0, 0.1) is 20.2 Å². The second-order valence-corrected chi connectivity index (χ2v) is 9.40. The van der Waals surface area contributed by atoms with Gasteiger partial charge in [-0.3, -0.25) is 39.5 Å². The van der Waals surface area contributed by atoms with Crippen LogP contribution in [-0.4, -0.2) is 45.5 Å². The van der Waals surface area contributed by atoms with Crippen LogP contribution in [0.15, 0.2) is 65.6 Å². The number of hydrogen-bond acceptors (Lipinski definition) is 10. The summed E-state index contributed by atoms with van der Waals surface area (Å²) in [7, 11) is 1.32. The first-order chi connectivity index (χ1) is 19.1. The molecule has 3 aromatic rings. The third-order valence-corrected chi connectivity index (χ3v) is 6.50. The second kappa shape index (κ2) is 11.8. The molecule has 1 fully saturated rings. The number of hydrogen-bond donors (Lipinski definition) is 1. The van der Waals surface area contributed by atoms with Gasteiger partial charge in [-0.05, 0) is 48.2 Å². The Hall–Kier alpha value is -4.95. The first kappa shape index (κ1) is 28.1. The van der Waals surface area contributed by atoms with Crippen LogP contribution in [0.25, 0.3) is 6.08 Å². The maximum Gasteiger partial charge on any atom is 0.318 e. The lowest BCUT2D eigenvalue weighted by molar-refractivity contribution is -0.394. The number of benzene rings is 3. The molecule has 13 nitrogen and oxygen atoms in total. The number of thioether (sulfide) groups is 1. The van der Waals surface area contributed by atoms with Gasteiger partial charge in [-0.25, -0.2) is 0 Å². The number of anilines is 1. The van der Waals surface area contributed by atoms with Crippen LogP contribution in [0.5, 0.6) is 17.2 Å². The van der Waals surface area contributed by atoms with Gasteiger partial charge in [0.25, 0.3) is 16.8 Å². The van der Waals surface area contributed by atoms with E-state index in [1.54, 1.807) is 24.3 Å². The van der Waals surface area contributed by atoms with Crippen molar-refractivity contribution >= 4 is 63.6 Å². The summed E-state index contributed by atoms with van der Waals surface area (Å²) < 4.78 is 11.1. The fourth-order valence-electron chi connectivity index (χ4n) is 3.56. The SMILES string of the molecule is COc1cccc(/C=C2/SC(=O)N(CC(=O)Nc3cccc(Cl)c3)C2=O)c1Oc1ccc([N+](=O)[O-])cc1[N+](=O)[O-]. The van der Waals surface area contributed by atoms with Crippen molar-refractivity contribution in [2.75, 3.05) is 19.0 Å². The van der Waals surface area contributed by atoms with Gasteiger partial charge < -0.3 is 14.8 Å². The molecule has 4 rings (SSSR count). The van der Waals surface area contributed by atoms with Crippen molar-refractivity contribution in [2.24, 2.45) is 0 Å². The van der Waals surface area contributed by atoms with E-state index in [2.05, 4.69) is 5.32 Å². The lowest BCUT2D eigenvalue weighted by Gasteiger charge is -2.14. The summed E-state index contributed by atoms with van der Waals surface area (Å²) in [6.45, 7) is -0.551. The van der Waals surface area contributed by atoms with Gasteiger partial charge in [0.2, 0.25) is 11.7 Å². The highest BCUT2D eigenvalue weighted by Crippen LogP contribution is 2.42. The van der Waals surface area contributed by atoms with E-state index in [0.29, 0.717) is 22.5 Å². The van der Waals surface area contributed by atoms with Crippen LogP contribution < -0.4 is 14.8 Å². The minimum atomic E-state index is -0.836. The van der Waals surface area contributed by atoms with Gasteiger partial charge in [-0.1, -0.05) is 29.8 Å². The summed E-state index contributed by atoms with van der Waals surface area (Å²) >= 11 is 6.50. The third kappa shape index (κ3) is 6.19. The van der Waals surface area contributed by atoms with Crippen molar-refractivity contribution in [3.05, 3.63) is 96.4 Å². The molecule has 0 spiro atoms. The number of carbonyl (C=O) groups is 3. The van der Waals surface area contributed by atoms with Gasteiger partial charge in [0.15, 0.2) is 11.5 Å². The second-order valence-electron chi connectivity index (χ2n) is 7.97. The van der Waals surface area contributed by atoms with Crippen LogP contribution in [0.2, 0.25) is 5.02 Å². The molecule has 1 aliphatic heterocycles. The lowest BCUT2D eigenvalue weighted by atomic mass is 10.1. The van der Waals surface area contributed by atoms with Crippen molar-refractivity contribution in [2.45, 2.75) is 0 Å². The standard InChI is InChI=1S/C25H17ClN4O9S/c1-38-20-7-2-4-14(23(20)39-19-9-8-17(29(34)35)12-18(19)30(36)37)10-21-24(32)28(25(33)40-21)13-22(31)27-16-6-3-5-15(26)11-16/h2-12H,13H2,1H3,(H,27,31)/b21-10+. The molecular weight excluding hydrogens is 568 g/mol. The molecule has 0 unspecified atom stereocenters. The Morgan fingerprint density at radius 1 is 1.05 bits per heavy atom. The highest BCUT2D eigenvalue weighted by molar-refractivity contribution is 8.18. The number of nitro groups is 2. The van der Waals surface area contributed by atoms with Crippen LogP contribution >= 0.6 is 23.4 Å². The molecule has 3 aromatic carbocycles. The van der Waals surface area contributed by atoms with E-state index >= 15 is 0 Å². The lowest BCUT2D eigenvalue weighted by Crippen LogP contribution is -2.36. The minimum Gasteiger partial charge on any atom is -0.493 e. The molecule has 1 heterocycles. The minimum absolute atomic E-state index is 0.0446. The molecule has 0 bridgehead atoms. The van der Waals surface area contributed by atoms with Gasteiger partial charge in [-0.15, -0.1) is 0 Å². The molecule has 0 aromatic heterocycles. The number of halogens is 1. The highest BCUT2D eigenvalue weighted by Gasteiger charge is 2.36. The Morgan fingerprint density at radius 2 is 1.80 bits per heavy atom. The molecule has 0 radical (unpaired) electrons. The fourth-order valence-corrected chi connectivity index (χ4v) is 4.58. The molecule has 1 N–H and O–H groups in total. The van der Waals surface area contributed by atoms with Crippen LogP contribution in [-0.2, 0) is 9.59 Å². The summed E-state index contributed by atoms with van der Waals surface area (Å²) in [4.78, 5) is 59.8. The number of nitrogens with zero attached hydrogens (tertiary/aromatic N) is 3. The summed E-state index contributed by atoms with van der Waals surface area (Å²) in [6.07, 6.45) is 1.31. The molecule has 15 heteroatoms. The number of rotatable bonds is 9. The average Bonchev–Trinajstić information content (AvgIpc) is 3.16. The largest absolute Gasteiger partial charge is 0.493 e. The molecule has 1 aliphatic rings. The Balaban J connectivity index is 1.61. The number of para-hydroxylation sites is 1. The number of nitrogens with one attached hydrogen (secondary N) is 1. The zero-order valence-electron chi connectivity index (χ0n) is 20.4. The predicted octanol–water partition coefficient (Wildman–Crippen LogP) is 5.63. The molecule has 0 aliphatic carbocycles. The maximum absolute atomic E-state index is 13.0. The quantitative estimate of drug-likeness (QED) is 0.189. The van der Waals surface area contributed by atoms with E-state index in [1.165, 1.54) is 31.4 Å². The number of carbonyl (C=O) groups excluding carboxylic acids is 3. The number of imide groups is 1. The normalized spacial score (nSPS) is 13.8. The maximum atomic E-state index is 13.0. The highest BCUT2D eigenvalue weighted by atomic mass is 35.5. The zero-order chi connectivity index (χ0) is 29.0. The Morgan fingerprint density at radius 3 is 2.48 bits per heavy atom. The van der Waals surface area contributed by atoms with Crippen LogP contribution in [0.3, 0.4) is 0 Å². The number of nitro benzene ring substituents is 2. The van der Waals surface area contributed by atoms with E-state index < -0.39 is 44.8 Å². The van der Waals surface area contributed by atoms with E-state index in [0.717, 1.165) is 23.1 Å². The van der Waals surface area contributed by atoms with Crippen molar-refractivity contribution in [3.8, 4) is 17.2 Å². The van der Waals surface area contributed by atoms with Crippen molar-refractivity contribution < 1.29 is 33.7 Å². The number of amides is 3. The van der Waals surface area contributed by atoms with Crippen LogP contribution in [0.4, 0.5) is 21.9 Å². The van der Waals surface area contributed by atoms with Crippen molar-refractivity contribution in [3.63, 3.8) is 0 Å². The summed E-state index contributed by atoms with van der Waals surface area (Å²) in [5.74, 6) is -1.61. The van der Waals surface area contributed by atoms with Crippen molar-refractivity contribution in [1.29, 1.82) is 0 Å². The molecule has 204 valence electrons. The van der Waals surface area contributed by atoms with Gasteiger partial charge in [0.1, 0.15) is 6.54 Å². The van der Waals surface area contributed by atoms with E-state index in [4.69, 9.17) is 21.1 Å². The van der Waals surface area contributed by atoms with Gasteiger partial charge in [0.05, 0.1) is 27.9 Å². The van der Waals surface area contributed by atoms with E-state index in [9.17, 15) is 34.6 Å². The monoisotopic (exact) mass is 584 g/mol. The predicted molar refractivity (Wildman–Crippen MR) is 146 cm³/mol. The fraction of sp³-hybridized carbons (Fsp3) is 0.0800. The van der Waals surface area contributed by atoms with E-state index in [-0.39, 0.29) is 27.7 Å². The van der Waals surface area contributed by atoms with Gasteiger partial charge in [-0.2, -0.15) is 0 Å². The van der Waals surface area contributed by atoms with Crippen LogP contribution in [0.1, 0.15) is 5.56 Å². The summed E-state index contributed by atoms with van der Waals surface area (Å²) in [5.41, 5.74) is -0.580. The third-order valence-electron chi connectivity index (χ3n) is 5.36. The number of non-ortho nitro benzene ring substituents is 1. The molecule has 1 saturated heterocycles. The van der Waals surface area contributed by atoms with Gasteiger partial charge in [0, 0.05) is 22.3 Å². The Labute approximate surface area is 234 Å². The zero-order valence-corrected chi connectivity index (χ0v) is 21.9. The van der Waals surface area contributed by atoms with Crippen molar-refractivity contribution in [1.82, 2.24) is 4.90 Å². The summed E-state index contributed by atoms with van der Waals surface area (Å²) in [6, 6.07) is 13.8. The molecule has 40 heavy (non-hydrogen) atoms. The molecule has 0 atom stereocenters.